The van der Waals surface area contributed by atoms with Crippen LogP contribution in [0.1, 0.15) is 62.6 Å². The van der Waals surface area contributed by atoms with Crippen molar-refractivity contribution in [3.8, 4) is 0 Å². The number of rotatable bonds is 7. The Balaban J connectivity index is 1.88. The standard InChI is InChI=1S/C24H31FN2O2S/c1-5-17(4)27(22(28)14-16(2)3)15-23(29)26-12-10-21-20(11-13-30-21)24(26)18-6-8-19(25)9-7-18/h6-9,11,13,16-17,24H,5,10,12,14-15H2,1-4H3/t17-,24-/m0/s1. The average Bonchev–Trinajstić information content (AvgIpc) is 3.19. The molecule has 0 radical (unpaired) electrons. The van der Waals surface area contributed by atoms with Crippen molar-refractivity contribution in [3.05, 3.63) is 57.5 Å². The number of thiophene rings is 1. The van der Waals surface area contributed by atoms with Crippen molar-refractivity contribution in [1.82, 2.24) is 9.80 Å². The SMILES string of the molecule is CC[C@H](C)N(CC(=O)N1CCc2sccc2[C@@H]1c1ccc(F)cc1)C(=O)CC(C)C. The molecule has 0 saturated carbocycles. The number of halogens is 1. The molecule has 0 saturated heterocycles. The van der Waals surface area contributed by atoms with Gasteiger partial charge in [-0.3, -0.25) is 9.59 Å². The fourth-order valence-electron chi connectivity index (χ4n) is 4.00. The van der Waals surface area contributed by atoms with Gasteiger partial charge in [0.25, 0.3) is 0 Å². The smallest absolute Gasteiger partial charge is 0.243 e. The fourth-order valence-corrected chi connectivity index (χ4v) is 4.91. The maximum atomic E-state index is 13.5. The number of benzene rings is 1. The zero-order valence-electron chi connectivity index (χ0n) is 18.2. The molecule has 162 valence electrons. The van der Waals surface area contributed by atoms with E-state index in [0.717, 1.165) is 24.0 Å². The average molecular weight is 431 g/mol. The lowest BCUT2D eigenvalue weighted by Gasteiger charge is -2.38. The lowest BCUT2D eigenvalue weighted by Crippen LogP contribution is -2.49. The van der Waals surface area contributed by atoms with Crippen molar-refractivity contribution < 1.29 is 14.0 Å². The summed E-state index contributed by atoms with van der Waals surface area (Å²) < 4.78 is 13.5. The van der Waals surface area contributed by atoms with E-state index in [1.807, 2.05) is 38.0 Å². The van der Waals surface area contributed by atoms with Crippen molar-refractivity contribution in [1.29, 1.82) is 0 Å². The van der Waals surface area contributed by atoms with Crippen LogP contribution in [0.25, 0.3) is 0 Å². The summed E-state index contributed by atoms with van der Waals surface area (Å²) in [6.45, 7) is 8.74. The Bertz CT molecular complexity index is 878. The van der Waals surface area contributed by atoms with Gasteiger partial charge in [0.1, 0.15) is 12.4 Å². The molecule has 1 aromatic carbocycles. The van der Waals surface area contributed by atoms with Gasteiger partial charge in [-0.1, -0.05) is 32.9 Å². The minimum Gasteiger partial charge on any atom is -0.331 e. The van der Waals surface area contributed by atoms with Crippen molar-refractivity contribution in [2.75, 3.05) is 13.1 Å². The molecule has 0 unspecified atom stereocenters. The molecule has 0 N–H and O–H groups in total. The highest BCUT2D eigenvalue weighted by Crippen LogP contribution is 2.38. The van der Waals surface area contributed by atoms with E-state index in [-0.39, 0.29) is 42.2 Å². The number of hydrogen-bond donors (Lipinski definition) is 0. The first-order valence-electron chi connectivity index (χ1n) is 10.7. The number of carbonyl (C=O) groups excluding carboxylic acids is 2. The fraction of sp³-hybridized carbons (Fsp3) is 0.500. The second-order valence-corrected chi connectivity index (χ2v) is 9.47. The molecule has 4 nitrogen and oxygen atoms in total. The Kier molecular flexibility index (Phi) is 7.29. The predicted octanol–water partition coefficient (Wildman–Crippen LogP) is 5.03. The summed E-state index contributed by atoms with van der Waals surface area (Å²) in [4.78, 5) is 31.2. The second kappa shape index (κ2) is 9.73. The van der Waals surface area contributed by atoms with Gasteiger partial charge in [-0.15, -0.1) is 11.3 Å². The number of nitrogens with zero attached hydrogens (tertiary/aromatic N) is 2. The van der Waals surface area contributed by atoms with Crippen molar-refractivity contribution in [2.45, 2.75) is 59.0 Å². The van der Waals surface area contributed by atoms with Crippen LogP contribution in [0.3, 0.4) is 0 Å². The molecule has 0 bridgehead atoms. The molecule has 30 heavy (non-hydrogen) atoms. The third-order valence-electron chi connectivity index (χ3n) is 5.80. The van der Waals surface area contributed by atoms with Gasteiger partial charge in [0.15, 0.2) is 0 Å². The molecule has 1 aliphatic heterocycles. The zero-order valence-corrected chi connectivity index (χ0v) is 19.0. The minimum atomic E-state index is -0.291. The van der Waals surface area contributed by atoms with Gasteiger partial charge < -0.3 is 9.80 Å². The Hall–Kier alpha value is -2.21. The van der Waals surface area contributed by atoms with E-state index in [4.69, 9.17) is 0 Å². The highest BCUT2D eigenvalue weighted by molar-refractivity contribution is 7.10. The van der Waals surface area contributed by atoms with Crippen LogP contribution >= 0.6 is 11.3 Å². The van der Waals surface area contributed by atoms with Crippen molar-refractivity contribution >= 4 is 23.2 Å². The lowest BCUT2D eigenvalue weighted by molar-refractivity contribution is -0.144. The third kappa shape index (κ3) is 4.91. The summed E-state index contributed by atoms with van der Waals surface area (Å²) in [5, 5.41) is 2.05. The van der Waals surface area contributed by atoms with E-state index in [1.54, 1.807) is 28.4 Å². The molecule has 0 aliphatic carbocycles. The molecule has 2 amide bonds. The molecule has 3 rings (SSSR count). The summed E-state index contributed by atoms with van der Waals surface area (Å²) in [5.41, 5.74) is 2.00. The highest BCUT2D eigenvalue weighted by atomic mass is 32.1. The lowest BCUT2D eigenvalue weighted by atomic mass is 9.93. The van der Waals surface area contributed by atoms with Gasteiger partial charge in [-0.25, -0.2) is 4.39 Å². The first-order valence-corrected chi connectivity index (χ1v) is 11.6. The summed E-state index contributed by atoms with van der Waals surface area (Å²) in [6.07, 6.45) is 2.04. The van der Waals surface area contributed by atoms with E-state index in [1.165, 1.54) is 17.0 Å². The monoisotopic (exact) mass is 430 g/mol. The molecule has 6 heteroatoms. The molecule has 0 fully saturated rings. The minimum absolute atomic E-state index is 0.00553. The third-order valence-corrected chi connectivity index (χ3v) is 6.80. The van der Waals surface area contributed by atoms with Crippen LogP contribution in [0.5, 0.6) is 0 Å². The number of amides is 2. The van der Waals surface area contributed by atoms with E-state index in [2.05, 4.69) is 6.07 Å². The molecular weight excluding hydrogens is 399 g/mol. The van der Waals surface area contributed by atoms with Gasteiger partial charge in [0.05, 0.1) is 6.04 Å². The van der Waals surface area contributed by atoms with Gasteiger partial charge in [0, 0.05) is 23.9 Å². The Morgan fingerprint density at radius 1 is 1.20 bits per heavy atom. The van der Waals surface area contributed by atoms with Crippen molar-refractivity contribution in [2.24, 2.45) is 5.92 Å². The molecule has 2 heterocycles. The molecule has 0 spiro atoms. The Morgan fingerprint density at radius 3 is 2.53 bits per heavy atom. The van der Waals surface area contributed by atoms with Gasteiger partial charge in [-0.05, 0) is 60.4 Å². The summed E-state index contributed by atoms with van der Waals surface area (Å²) >= 11 is 1.70. The number of carbonyl (C=O) groups is 2. The molecule has 1 aromatic heterocycles. The van der Waals surface area contributed by atoms with E-state index >= 15 is 0 Å². The summed E-state index contributed by atoms with van der Waals surface area (Å²) in [6, 6.07) is 8.21. The highest BCUT2D eigenvalue weighted by Gasteiger charge is 2.34. The number of hydrogen-bond acceptors (Lipinski definition) is 3. The first-order chi connectivity index (χ1) is 14.3. The second-order valence-electron chi connectivity index (χ2n) is 8.47. The van der Waals surface area contributed by atoms with Gasteiger partial charge in [0.2, 0.25) is 11.8 Å². The quantitative estimate of drug-likeness (QED) is 0.618. The zero-order chi connectivity index (χ0) is 21.8. The topological polar surface area (TPSA) is 40.6 Å². The van der Waals surface area contributed by atoms with Crippen LogP contribution in [0.15, 0.2) is 35.7 Å². The van der Waals surface area contributed by atoms with Crippen LogP contribution < -0.4 is 0 Å². The summed E-state index contributed by atoms with van der Waals surface area (Å²) in [5.74, 6) is -0.0764. The van der Waals surface area contributed by atoms with E-state index in [0.29, 0.717) is 13.0 Å². The Labute approximate surface area is 182 Å². The summed E-state index contributed by atoms with van der Waals surface area (Å²) in [7, 11) is 0. The van der Waals surface area contributed by atoms with Crippen LogP contribution in [0, 0.1) is 11.7 Å². The van der Waals surface area contributed by atoms with Gasteiger partial charge >= 0.3 is 0 Å². The van der Waals surface area contributed by atoms with Crippen LogP contribution in [0.4, 0.5) is 4.39 Å². The molecule has 2 atom stereocenters. The molecular formula is C24H31FN2O2S. The predicted molar refractivity (Wildman–Crippen MR) is 119 cm³/mol. The van der Waals surface area contributed by atoms with Crippen molar-refractivity contribution in [3.63, 3.8) is 0 Å². The molecule has 1 aliphatic rings. The van der Waals surface area contributed by atoms with Gasteiger partial charge in [-0.2, -0.15) is 0 Å². The van der Waals surface area contributed by atoms with Crippen LogP contribution in [0.2, 0.25) is 0 Å². The maximum absolute atomic E-state index is 13.5. The van der Waals surface area contributed by atoms with Crippen LogP contribution in [-0.2, 0) is 16.0 Å². The Morgan fingerprint density at radius 2 is 1.90 bits per heavy atom. The normalized spacial score (nSPS) is 17.0. The first kappa shape index (κ1) is 22.5. The number of fused-ring (bicyclic) bond motifs is 1. The largest absolute Gasteiger partial charge is 0.331 e. The maximum Gasteiger partial charge on any atom is 0.243 e. The van der Waals surface area contributed by atoms with E-state index < -0.39 is 0 Å². The molecule has 2 aromatic rings. The van der Waals surface area contributed by atoms with Crippen LogP contribution in [-0.4, -0.2) is 40.7 Å². The van der Waals surface area contributed by atoms with E-state index in [9.17, 15) is 14.0 Å².